The minimum absolute atomic E-state index is 1.02. The van der Waals surface area contributed by atoms with Crippen LogP contribution in [0.5, 0.6) is 0 Å². The van der Waals surface area contributed by atoms with E-state index in [1.807, 2.05) is 4.68 Å². The van der Waals surface area contributed by atoms with Gasteiger partial charge >= 0.3 is 0 Å². The minimum atomic E-state index is 1.02. The van der Waals surface area contributed by atoms with Gasteiger partial charge in [-0.3, -0.25) is 4.68 Å². The molecule has 0 saturated heterocycles. The van der Waals surface area contributed by atoms with Crippen LogP contribution in [-0.4, -0.2) is 14.8 Å². The molecule has 0 amide bonds. The van der Waals surface area contributed by atoms with E-state index in [9.17, 15) is 0 Å². The van der Waals surface area contributed by atoms with Gasteiger partial charge in [0, 0.05) is 6.54 Å². The van der Waals surface area contributed by atoms with Crippen LogP contribution in [0.4, 0.5) is 0 Å². The second-order valence-electron chi connectivity index (χ2n) is 3.78. The molecule has 1 heterocycles. The van der Waals surface area contributed by atoms with E-state index in [-0.39, 0.29) is 0 Å². The van der Waals surface area contributed by atoms with E-state index in [1.165, 1.54) is 44.9 Å². The van der Waals surface area contributed by atoms with Crippen LogP contribution in [0.3, 0.4) is 0 Å². The summed E-state index contributed by atoms with van der Waals surface area (Å²) in [7, 11) is 0. The third-order valence-corrected chi connectivity index (χ3v) is 2.46. The Bertz CT molecular complexity index is 206. The van der Waals surface area contributed by atoms with E-state index in [4.69, 9.17) is 0 Å². The average Bonchev–Trinajstić information content (AvgIpc) is 2.69. The number of aromatic nitrogens is 3. The largest absolute Gasteiger partial charge is 0.253 e. The first-order chi connectivity index (χ1) is 6.93. The monoisotopic (exact) mass is 195 g/mol. The van der Waals surface area contributed by atoms with Crippen LogP contribution in [0, 0.1) is 0 Å². The van der Waals surface area contributed by atoms with Crippen LogP contribution in [-0.2, 0) is 6.54 Å². The lowest BCUT2D eigenvalue weighted by atomic mass is 10.1. The zero-order chi connectivity index (χ0) is 10.1. The van der Waals surface area contributed by atoms with Crippen molar-refractivity contribution in [3.05, 3.63) is 12.7 Å². The molecule has 3 nitrogen and oxygen atoms in total. The zero-order valence-electron chi connectivity index (χ0n) is 9.15. The fourth-order valence-corrected chi connectivity index (χ4v) is 1.58. The molecule has 1 aromatic heterocycles. The fraction of sp³-hybridized carbons (Fsp3) is 0.818. The van der Waals surface area contributed by atoms with Crippen molar-refractivity contribution < 1.29 is 0 Å². The second-order valence-corrected chi connectivity index (χ2v) is 3.78. The number of unbranched alkanes of at least 4 members (excludes halogenated alkanes) is 6. The maximum atomic E-state index is 4.07. The molecule has 1 rings (SSSR count). The molecule has 3 heteroatoms. The van der Waals surface area contributed by atoms with E-state index < -0.39 is 0 Å². The predicted molar refractivity (Wildman–Crippen MR) is 58.0 cm³/mol. The Kier molecular flexibility index (Phi) is 6.04. The topological polar surface area (TPSA) is 30.7 Å². The van der Waals surface area contributed by atoms with Gasteiger partial charge in [0.15, 0.2) is 0 Å². The molecule has 0 aromatic carbocycles. The summed E-state index contributed by atoms with van der Waals surface area (Å²) in [6.07, 6.45) is 12.8. The standard InChI is InChI=1S/C11H21N3/c1-2-3-4-5-6-7-8-9-14-11-12-10-13-14/h10-11H,2-9H2,1H3. The smallest absolute Gasteiger partial charge is 0.137 e. The average molecular weight is 195 g/mol. The zero-order valence-corrected chi connectivity index (χ0v) is 9.15. The molecule has 0 N–H and O–H groups in total. The number of hydrogen-bond acceptors (Lipinski definition) is 2. The Hall–Kier alpha value is -0.860. The maximum Gasteiger partial charge on any atom is 0.137 e. The molecular weight excluding hydrogens is 174 g/mol. The van der Waals surface area contributed by atoms with Crippen molar-refractivity contribution in [3.8, 4) is 0 Å². The van der Waals surface area contributed by atoms with Crippen LogP contribution in [0.25, 0.3) is 0 Å². The normalized spacial score (nSPS) is 10.6. The third-order valence-electron chi connectivity index (χ3n) is 2.46. The highest BCUT2D eigenvalue weighted by atomic mass is 15.3. The summed E-state index contributed by atoms with van der Waals surface area (Å²) < 4.78 is 1.91. The van der Waals surface area contributed by atoms with Gasteiger partial charge in [0.2, 0.25) is 0 Å². The number of nitrogens with zero attached hydrogens (tertiary/aromatic N) is 3. The van der Waals surface area contributed by atoms with Gasteiger partial charge in [0.25, 0.3) is 0 Å². The first-order valence-corrected chi connectivity index (χ1v) is 5.76. The molecule has 0 aliphatic carbocycles. The first-order valence-electron chi connectivity index (χ1n) is 5.76. The fourth-order valence-electron chi connectivity index (χ4n) is 1.58. The Morgan fingerprint density at radius 3 is 2.36 bits per heavy atom. The van der Waals surface area contributed by atoms with Crippen LogP contribution in [0.2, 0.25) is 0 Å². The Labute approximate surface area is 86.5 Å². The summed E-state index contributed by atoms with van der Waals surface area (Å²) in [6.45, 7) is 3.28. The lowest BCUT2D eigenvalue weighted by Crippen LogP contribution is -1.97. The van der Waals surface area contributed by atoms with Gasteiger partial charge in [-0.15, -0.1) is 0 Å². The van der Waals surface area contributed by atoms with Gasteiger partial charge in [0.05, 0.1) is 0 Å². The minimum Gasteiger partial charge on any atom is -0.253 e. The first kappa shape index (κ1) is 11.2. The van der Waals surface area contributed by atoms with E-state index in [1.54, 1.807) is 12.7 Å². The van der Waals surface area contributed by atoms with Crippen LogP contribution in [0.1, 0.15) is 51.9 Å². The molecule has 0 bridgehead atoms. The Balaban J connectivity index is 1.85. The van der Waals surface area contributed by atoms with E-state index in [2.05, 4.69) is 17.0 Å². The molecule has 80 valence electrons. The Morgan fingerprint density at radius 1 is 1.00 bits per heavy atom. The van der Waals surface area contributed by atoms with Crippen LogP contribution >= 0.6 is 0 Å². The van der Waals surface area contributed by atoms with Gasteiger partial charge in [-0.25, -0.2) is 4.98 Å². The SMILES string of the molecule is CCCCCCCCCn1cncn1. The lowest BCUT2D eigenvalue weighted by Gasteiger charge is -2.01. The van der Waals surface area contributed by atoms with Crippen LogP contribution < -0.4 is 0 Å². The van der Waals surface area contributed by atoms with Crippen molar-refractivity contribution in [2.24, 2.45) is 0 Å². The van der Waals surface area contributed by atoms with Crippen molar-refractivity contribution in [3.63, 3.8) is 0 Å². The number of aryl methyl sites for hydroxylation is 1. The molecule has 14 heavy (non-hydrogen) atoms. The summed E-state index contributed by atoms with van der Waals surface area (Å²) in [6, 6.07) is 0. The molecule has 0 aliphatic heterocycles. The van der Waals surface area contributed by atoms with E-state index in [0.29, 0.717) is 0 Å². The highest BCUT2D eigenvalue weighted by molar-refractivity contribution is 4.55. The van der Waals surface area contributed by atoms with Gasteiger partial charge in [-0.05, 0) is 6.42 Å². The van der Waals surface area contributed by atoms with Crippen molar-refractivity contribution in [2.45, 2.75) is 58.4 Å². The van der Waals surface area contributed by atoms with Crippen molar-refractivity contribution in [2.75, 3.05) is 0 Å². The highest BCUT2D eigenvalue weighted by Gasteiger charge is 1.92. The molecule has 0 atom stereocenters. The molecule has 1 aromatic rings. The predicted octanol–water partition coefficient (Wildman–Crippen LogP) is 3.03. The van der Waals surface area contributed by atoms with Crippen LogP contribution in [0.15, 0.2) is 12.7 Å². The second kappa shape index (κ2) is 7.54. The summed E-state index contributed by atoms with van der Waals surface area (Å²) in [4.78, 5) is 3.91. The molecule has 0 unspecified atom stereocenters. The van der Waals surface area contributed by atoms with E-state index in [0.717, 1.165) is 6.54 Å². The quantitative estimate of drug-likeness (QED) is 0.597. The van der Waals surface area contributed by atoms with Gasteiger partial charge in [0.1, 0.15) is 12.7 Å². The van der Waals surface area contributed by atoms with Gasteiger partial charge in [-0.2, -0.15) is 5.10 Å². The molecule has 0 spiro atoms. The van der Waals surface area contributed by atoms with Gasteiger partial charge < -0.3 is 0 Å². The highest BCUT2D eigenvalue weighted by Crippen LogP contribution is 2.07. The van der Waals surface area contributed by atoms with Gasteiger partial charge in [-0.1, -0.05) is 45.4 Å². The van der Waals surface area contributed by atoms with Crippen molar-refractivity contribution in [1.29, 1.82) is 0 Å². The number of rotatable bonds is 8. The summed E-state index contributed by atoms with van der Waals surface area (Å²) in [5.74, 6) is 0. The summed E-state index contributed by atoms with van der Waals surface area (Å²) in [5.41, 5.74) is 0. The van der Waals surface area contributed by atoms with Crippen molar-refractivity contribution in [1.82, 2.24) is 14.8 Å². The molecule has 0 saturated carbocycles. The van der Waals surface area contributed by atoms with Crippen molar-refractivity contribution >= 4 is 0 Å². The Morgan fingerprint density at radius 2 is 1.71 bits per heavy atom. The lowest BCUT2D eigenvalue weighted by molar-refractivity contribution is 0.522. The maximum absolute atomic E-state index is 4.07. The number of hydrogen-bond donors (Lipinski definition) is 0. The molecular formula is C11H21N3. The third kappa shape index (κ3) is 5.00. The summed E-state index contributed by atoms with van der Waals surface area (Å²) in [5, 5.41) is 4.07. The summed E-state index contributed by atoms with van der Waals surface area (Å²) >= 11 is 0. The molecule has 0 radical (unpaired) electrons. The van der Waals surface area contributed by atoms with E-state index >= 15 is 0 Å². The molecule has 0 aliphatic rings. The molecule has 0 fully saturated rings.